The summed E-state index contributed by atoms with van der Waals surface area (Å²) in [6, 6.07) is 9.75. The number of amides is 1. The highest BCUT2D eigenvalue weighted by atomic mass is 32.2. The van der Waals surface area contributed by atoms with Crippen LogP contribution in [0.15, 0.2) is 53.7 Å². The summed E-state index contributed by atoms with van der Waals surface area (Å²) in [5.41, 5.74) is 3.55. The first kappa shape index (κ1) is 28.7. The molecule has 0 radical (unpaired) electrons. The zero-order valence-corrected chi connectivity index (χ0v) is 24.5. The molecule has 2 aromatic carbocycles. The maximum atomic E-state index is 14.9. The zero-order valence-electron chi connectivity index (χ0n) is 23.7. The summed E-state index contributed by atoms with van der Waals surface area (Å²) < 4.78 is 38.8. The number of nitrogens with one attached hydrogen (secondary N) is 3. The van der Waals surface area contributed by atoms with E-state index in [9.17, 15) is 17.6 Å². The number of hydrogen-bond acceptors (Lipinski definition) is 8. The molecule has 1 fully saturated rings. The molecule has 3 heterocycles. The quantitative estimate of drug-likeness (QED) is 0.298. The van der Waals surface area contributed by atoms with Gasteiger partial charge in [0.2, 0.25) is 11.9 Å². The molecule has 10 nitrogen and oxygen atoms in total. The first-order chi connectivity index (χ1) is 19.4. The molecule has 1 saturated heterocycles. The van der Waals surface area contributed by atoms with Gasteiger partial charge in [-0.3, -0.25) is 9.69 Å². The number of piperazine rings is 1. The Bertz CT molecular complexity index is 1720. The second-order valence-corrected chi connectivity index (χ2v) is 12.7. The molecular formula is C29H34FN7O3S. The maximum absolute atomic E-state index is 14.9. The van der Waals surface area contributed by atoms with Crippen LogP contribution in [0.5, 0.6) is 0 Å². The molecule has 12 heteroatoms. The Labute approximate surface area is 238 Å². The van der Waals surface area contributed by atoms with Crippen LogP contribution in [0, 0.1) is 12.7 Å². The van der Waals surface area contributed by atoms with Crippen LogP contribution < -0.4 is 10.6 Å². The molecule has 0 bridgehead atoms. The lowest BCUT2D eigenvalue weighted by molar-refractivity contribution is -0.122. The van der Waals surface area contributed by atoms with Crippen molar-refractivity contribution in [3.63, 3.8) is 0 Å². The van der Waals surface area contributed by atoms with Crippen molar-refractivity contribution in [2.75, 3.05) is 43.6 Å². The monoisotopic (exact) mass is 579 g/mol. The van der Waals surface area contributed by atoms with Gasteiger partial charge in [0.25, 0.3) is 0 Å². The van der Waals surface area contributed by atoms with Crippen LogP contribution in [0.2, 0.25) is 0 Å². The minimum Gasteiger partial charge on any atom is -0.359 e. The molecule has 1 amide bonds. The number of hydrogen-bond donors (Lipinski definition) is 3. The van der Waals surface area contributed by atoms with Gasteiger partial charge >= 0.3 is 0 Å². The molecule has 1 aliphatic heterocycles. The smallest absolute Gasteiger partial charge is 0.241 e. The SMILES string of the molecule is Cc1cnc(Nc2cccc(S(C)(=O)=O)c2F)nc1-c1c[nH]c2c(NC(=O)C(C)N3CCN(C)C[C@@H]3C)cccc12. The summed E-state index contributed by atoms with van der Waals surface area (Å²) in [6.07, 6.45) is 4.39. The third kappa shape index (κ3) is 5.81. The van der Waals surface area contributed by atoms with Gasteiger partial charge in [-0.2, -0.15) is 0 Å². The van der Waals surface area contributed by atoms with Gasteiger partial charge < -0.3 is 20.5 Å². The van der Waals surface area contributed by atoms with E-state index in [1.165, 1.54) is 18.2 Å². The molecule has 1 aliphatic rings. The summed E-state index contributed by atoms with van der Waals surface area (Å²) in [5, 5.41) is 6.76. The first-order valence-corrected chi connectivity index (χ1v) is 15.3. The normalized spacial score (nSPS) is 17.5. The van der Waals surface area contributed by atoms with Gasteiger partial charge in [0, 0.05) is 55.3 Å². The van der Waals surface area contributed by atoms with Gasteiger partial charge in [0.05, 0.1) is 28.6 Å². The van der Waals surface area contributed by atoms with E-state index in [4.69, 9.17) is 0 Å². The summed E-state index contributed by atoms with van der Waals surface area (Å²) in [6.45, 7) is 8.61. The van der Waals surface area contributed by atoms with Gasteiger partial charge in [-0.25, -0.2) is 22.8 Å². The molecule has 1 unspecified atom stereocenters. The van der Waals surface area contributed by atoms with E-state index in [1.807, 2.05) is 38.2 Å². The van der Waals surface area contributed by atoms with Crippen LogP contribution in [-0.4, -0.2) is 84.1 Å². The predicted octanol–water partition coefficient (Wildman–Crippen LogP) is 4.18. The minimum atomic E-state index is -3.75. The van der Waals surface area contributed by atoms with Gasteiger partial charge in [0.1, 0.15) is 4.90 Å². The highest BCUT2D eigenvalue weighted by molar-refractivity contribution is 7.90. The predicted molar refractivity (Wildman–Crippen MR) is 159 cm³/mol. The molecule has 0 spiro atoms. The molecule has 0 aliphatic carbocycles. The largest absolute Gasteiger partial charge is 0.359 e. The van der Waals surface area contributed by atoms with E-state index in [2.05, 4.69) is 49.4 Å². The number of nitrogens with zero attached hydrogens (tertiary/aromatic N) is 4. The number of carbonyl (C=O) groups is 1. The second-order valence-electron chi connectivity index (χ2n) is 10.7. The van der Waals surface area contributed by atoms with E-state index in [1.54, 1.807) is 6.20 Å². The maximum Gasteiger partial charge on any atom is 0.241 e. The number of carbonyl (C=O) groups excluding carboxylic acids is 1. The molecule has 4 aromatic rings. The second kappa shape index (κ2) is 11.2. The van der Waals surface area contributed by atoms with E-state index in [-0.39, 0.29) is 29.6 Å². The number of rotatable bonds is 7. The number of anilines is 3. The minimum absolute atomic E-state index is 0.0459. The van der Waals surface area contributed by atoms with Crippen molar-refractivity contribution >= 4 is 44.0 Å². The van der Waals surface area contributed by atoms with Crippen molar-refractivity contribution in [1.29, 1.82) is 0 Å². The van der Waals surface area contributed by atoms with Crippen LogP contribution >= 0.6 is 0 Å². The number of aryl methyl sites for hydroxylation is 1. The lowest BCUT2D eigenvalue weighted by Gasteiger charge is -2.41. The van der Waals surface area contributed by atoms with Crippen LogP contribution in [0.4, 0.5) is 21.7 Å². The molecule has 5 rings (SSSR count). The number of benzene rings is 2. The Morgan fingerprint density at radius 2 is 1.90 bits per heavy atom. The number of sulfone groups is 1. The first-order valence-electron chi connectivity index (χ1n) is 13.4. The average Bonchev–Trinajstić information content (AvgIpc) is 3.35. The fraction of sp³-hybridized carbons (Fsp3) is 0.345. The summed E-state index contributed by atoms with van der Waals surface area (Å²) in [5.74, 6) is -0.856. The number of para-hydroxylation sites is 1. The summed E-state index contributed by atoms with van der Waals surface area (Å²) >= 11 is 0. The number of halogens is 1. The summed E-state index contributed by atoms with van der Waals surface area (Å²) in [4.78, 5) is 29.5. The number of aromatic nitrogens is 3. The molecule has 0 saturated carbocycles. The van der Waals surface area contributed by atoms with Crippen molar-refractivity contribution in [1.82, 2.24) is 24.8 Å². The number of likely N-dealkylation sites (N-methyl/N-ethyl adjacent to an activating group) is 1. The van der Waals surface area contributed by atoms with E-state index in [0.29, 0.717) is 11.4 Å². The number of aromatic amines is 1. The average molecular weight is 580 g/mol. The third-order valence-corrected chi connectivity index (χ3v) is 8.68. The van der Waals surface area contributed by atoms with Gasteiger partial charge in [-0.05, 0) is 51.6 Å². The highest BCUT2D eigenvalue weighted by Crippen LogP contribution is 2.34. The molecule has 2 atom stereocenters. The number of H-pyrrole nitrogens is 1. The van der Waals surface area contributed by atoms with Crippen LogP contribution in [0.3, 0.4) is 0 Å². The Hall–Kier alpha value is -3.87. The lowest BCUT2D eigenvalue weighted by atomic mass is 10.1. The lowest BCUT2D eigenvalue weighted by Crippen LogP contribution is -2.56. The van der Waals surface area contributed by atoms with E-state index in [0.717, 1.165) is 47.9 Å². The van der Waals surface area contributed by atoms with Crippen molar-refractivity contribution in [2.45, 2.75) is 37.8 Å². The third-order valence-electron chi connectivity index (χ3n) is 7.57. The molecular weight excluding hydrogens is 545 g/mol. The molecule has 3 N–H and O–H groups in total. The van der Waals surface area contributed by atoms with Crippen molar-refractivity contribution in [3.05, 3.63) is 60.2 Å². The van der Waals surface area contributed by atoms with E-state index < -0.39 is 20.5 Å². The highest BCUT2D eigenvalue weighted by Gasteiger charge is 2.30. The van der Waals surface area contributed by atoms with Gasteiger partial charge in [-0.15, -0.1) is 0 Å². The van der Waals surface area contributed by atoms with Crippen LogP contribution in [0.25, 0.3) is 22.2 Å². The Balaban J connectivity index is 1.42. The standard InChI is InChI=1S/C29H34FN7O3S/c1-17-14-32-29(34-22-9-7-11-24(25(22)30)41(5,39)40)35-26(17)21-15-31-27-20(21)8-6-10-23(27)33-28(38)19(3)37-13-12-36(4)16-18(37)2/h6-11,14-15,18-19,31H,12-13,16H2,1-5H3,(H,33,38)(H,32,34,35)/t18-,19?/m0/s1. The summed E-state index contributed by atoms with van der Waals surface area (Å²) in [7, 11) is -1.65. The van der Waals surface area contributed by atoms with Gasteiger partial charge in [0.15, 0.2) is 15.7 Å². The van der Waals surface area contributed by atoms with Crippen LogP contribution in [-0.2, 0) is 14.6 Å². The van der Waals surface area contributed by atoms with Crippen molar-refractivity contribution in [3.8, 4) is 11.3 Å². The molecule has 41 heavy (non-hydrogen) atoms. The van der Waals surface area contributed by atoms with Crippen LogP contribution in [0.1, 0.15) is 19.4 Å². The number of fused-ring (bicyclic) bond motifs is 1. The Kier molecular flexibility index (Phi) is 7.82. The Morgan fingerprint density at radius 3 is 2.63 bits per heavy atom. The van der Waals surface area contributed by atoms with Crippen molar-refractivity contribution in [2.24, 2.45) is 0 Å². The fourth-order valence-corrected chi connectivity index (χ4v) is 6.12. The molecule has 2 aromatic heterocycles. The molecule has 216 valence electrons. The van der Waals surface area contributed by atoms with E-state index >= 15 is 0 Å². The van der Waals surface area contributed by atoms with Crippen molar-refractivity contribution < 1.29 is 17.6 Å². The topological polar surface area (TPSA) is 123 Å². The fourth-order valence-electron chi connectivity index (χ4n) is 5.36. The van der Waals surface area contributed by atoms with Gasteiger partial charge in [-0.1, -0.05) is 18.2 Å². The zero-order chi connectivity index (χ0) is 29.5. The Morgan fingerprint density at radius 1 is 1.17 bits per heavy atom.